The first-order chi connectivity index (χ1) is 10.3. The predicted molar refractivity (Wildman–Crippen MR) is 92.8 cm³/mol. The average molecular weight is 343 g/mol. The molecule has 0 amide bonds. The molecule has 2 nitrogen and oxygen atoms in total. The molecule has 0 aliphatic heterocycles. The van der Waals surface area contributed by atoms with Crippen molar-refractivity contribution in [3.63, 3.8) is 0 Å². The third-order valence-corrected chi connectivity index (χ3v) is 4.62. The average Bonchev–Trinajstić information content (AvgIpc) is 2.94. The Balaban J connectivity index is 2.08. The number of hydrogen-bond donors (Lipinski definition) is 2. The Labute approximate surface area is 133 Å². The number of H-pyrrole nitrogens is 1. The Morgan fingerprint density at radius 1 is 1.10 bits per heavy atom. The molecule has 3 aromatic rings. The normalized spacial score (nSPS) is 12.7. The zero-order valence-electron chi connectivity index (χ0n) is 12.1. The van der Waals surface area contributed by atoms with Crippen LogP contribution in [0.2, 0.25) is 0 Å². The molecule has 21 heavy (non-hydrogen) atoms. The fraction of sp³-hybridized carbons (Fsp3) is 0.222. The molecule has 1 aromatic heterocycles. The highest BCUT2D eigenvalue weighted by Gasteiger charge is 2.18. The summed E-state index contributed by atoms with van der Waals surface area (Å²) in [5, 5.41) is 4.57. The monoisotopic (exact) mass is 342 g/mol. The van der Waals surface area contributed by atoms with Crippen LogP contribution in [0.4, 0.5) is 0 Å². The van der Waals surface area contributed by atoms with Crippen molar-refractivity contribution in [3.8, 4) is 0 Å². The number of aromatic nitrogens is 1. The van der Waals surface area contributed by atoms with E-state index in [9.17, 15) is 0 Å². The first-order valence-corrected chi connectivity index (χ1v) is 8.05. The van der Waals surface area contributed by atoms with Crippen molar-refractivity contribution in [1.29, 1.82) is 0 Å². The number of fused-ring (bicyclic) bond motifs is 1. The lowest BCUT2D eigenvalue weighted by molar-refractivity contribution is 0.664. The van der Waals surface area contributed by atoms with Gasteiger partial charge >= 0.3 is 0 Å². The van der Waals surface area contributed by atoms with Crippen LogP contribution in [0.3, 0.4) is 0 Å². The number of nitrogens with one attached hydrogen (secondary N) is 2. The van der Waals surface area contributed by atoms with Crippen molar-refractivity contribution < 1.29 is 0 Å². The van der Waals surface area contributed by atoms with E-state index in [0.29, 0.717) is 5.92 Å². The third-order valence-electron chi connectivity index (χ3n) is 3.96. The third kappa shape index (κ3) is 2.89. The van der Waals surface area contributed by atoms with E-state index in [0.717, 1.165) is 17.4 Å². The van der Waals surface area contributed by atoms with Crippen LogP contribution >= 0.6 is 15.9 Å². The van der Waals surface area contributed by atoms with E-state index in [1.54, 1.807) is 0 Å². The molecule has 3 heteroatoms. The van der Waals surface area contributed by atoms with Gasteiger partial charge in [-0.2, -0.15) is 0 Å². The largest absolute Gasteiger partial charge is 0.360 e. The van der Waals surface area contributed by atoms with Gasteiger partial charge in [0.15, 0.2) is 0 Å². The molecule has 0 bridgehead atoms. The second-order valence-electron chi connectivity index (χ2n) is 5.26. The minimum Gasteiger partial charge on any atom is -0.360 e. The number of benzene rings is 2. The number of rotatable bonds is 5. The van der Waals surface area contributed by atoms with Crippen LogP contribution in [0.1, 0.15) is 23.5 Å². The minimum absolute atomic E-state index is 0.404. The number of aromatic amines is 1. The summed E-state index contributed by atoms with van der Waals surface area (Å²) in [6.07, 6.45) is 3.24. The summed E-state index contributed by atoms with van der Waals surface area (Å²) >= 11 is 3.62. The Kier molecular flexibility index (Phi) is 4.42. The van der Waals surface area contributed by atoms with Crippen molar-refractivity contribution in [1.82, 2.24) is 10.3 Å². The molecule has 3 rings (SSSR count). The van der Waals surface area contributed by atoms with E-state index in [1.165, 1.54) is 22.0 Å². The van der Waals surface area contributed by atoms with E-state index >= 15 is 0 Å². The highest BCUT2D eigenvalue weighted by molar-refractivity contribution is 9.10. The zero-order chi connectivity index (χ0) is 14.7. The Hall–Kier alpha value is -1.58. The maximum atomic E-state index is 3.62. The number of para-hydroxylation sites is 1. The first kappa shape index (κ1) is 14.4. The van der Waals surface area contributed by atoms with Gasteiger partial charge in [-0.1, -0.05) is 42.5 Å². The quantitative estimate of drug-likeness (QED) is 0.692. The fourth-order valence-corrected chi connectivity index (χ4v) is 3.38. The second-order valence-corrected chi connectivity index (χ2v) is 6.12. The molecule has 0 aliphatic rings. The molecular weight excluding hydrogens is 324 g/mol. The maximum absolute atomic E-state index is 3.62. The number of hydrogen-bond acceptors (Lipinski definition) is 1. The highest BCUT2D eigenvalue weighted by Crippen LogP contribution is 2.35. The smallest absolute Gasteiger partial charge is 0.0601 e. The van der Waals surface area contributed by atoms with Crippen LogP contribution < -0.4 is 5.32 Å². The van der Waals surface area contributed by atoms with Crippen LogP contribution in [-0.4, -0.2) is 18.6 Å². The Bertz CT molecular complexity index is 718. The Morgan fingerprint density at radius 3 is 2.67 bits per heavy atom. The predicted octanol–water partition coefficient (Wildman–Crippen LogP) is 4.67. The minimum atomic E-state index is 0.404. The van der Waals surface area contributed by atoms with Crippen molar-refractivity contribution in [2.75, 3.05) is 13.6 Å². The van der Waals surface area contributed by atoms with Gasteiger partial charge in [-0.15, -0.1) is 0 Å². The van der Waals surface area contributed by atoms with Crippen LogP contribution in [0, 0.1) is 0 Å². The van der Waals surface area contributed by atoms with Gasteiger partial charge < -0.3 is 10.3 Å². The van der Waals surface area contributed by atoms with Crippen molar-refractivity contribution in [2.24, 2.45) is 0 Å². The summed E-state index contributed by atoms with van der Waals surface area (Å²) in [7, 11) is 2.01. The van der Waals surface area contributed by atoms with Crippen molar-refractivity contribution in [2.45, 2.75) is 12.3 Å². The molecule has 0 spiro atoms. The molecule has 1 heterocycles. The molecule has 108 valence electrons. The Morgan fingerprint density at radius 2 is 1.90 bits per heavy atom. The van der Waals surface area contributed by atoms with Crippen molar-refractivity contribution >= 4 is 26.8 Å². The lowest BCUT2D eigenvalue weighted by Gasteiger charge is -2.17. The summed E-state index contributed by atoms with van der Waals surface area (Å²) in [6.45, 7) is 1.00. The molecule has 0 radical (unpaired) electrons. The van der Waals surface area contributed by atoms with Crippen LogP contribution in [-0.2, 0) is 0 Å². The molecule has 2 N–H and O–H groups in total. The maximum Gasteiger partial charge on any atom is 0.0601 e. The van der Waals surface area contributed by atoms with Crippen LogP contribution in [0.5, 0.6) is 0 Å². The van der Waals surface area contributed by atoms with E-state index in [1.807, 2.05) is 7.05 Å². The van der Waals surface area contributed by atoms with Crippen LogP contribution in [0.25, 0.3) is 10.9 Å². The van der Waals surface area contributed by atoms with Gasteiger partial charge in [-0.3, -0.25) is 0 Å². The van der Waals surface area contributed by atoms with E-state index in [4.69, 9.17) is 0 Å². The van der Waals surface area contributed by atoms with Gasteiger partial charge in [0, 0.05) is 22.0 Å². The van der Waals surface area contributed by atoms with Gasteiger partial charge in [0.25, 0.3) is 0 Å². The lowest BCUT2D eigenvalue weighted by atomic mass is 9.88. The number of halogens is 1. The van der Waals surface area contributed by atoms with Gasteiger partial charge in [-0.05, 0) is 53.1 Å². The van der Waals surface area contributed by atoms with E-state index < -0.39 is 0 Å². The molecule has 1 unspecified atom stereocenters. The fourth-order valence-electron chi connectivity index (χ4n) is 2.90. The summed E-state index contributed by atoms with van der Waals surface area (Å²) in [5.41, 5.74) is 3.92. The first-order valence-electron chi connectivity index (χ1n) is 7.26. The second kappa shape index (κ2) is 6.46. The summed E-state index contributed by atoms with van der Waals surface area (Å²) in [4.78, 5) is 3.42. The van der Waals surface area contributed by atoms with Gasteiger partial charge in [0.1, 0.15) is 0 Å². The highest BCUT2D eigenvalue weighted by atomic mass is 79.9. The zero-order valence-corrected chi connectivity index (χ0v) is 13.7. The van der Waals surface area contributed by atoms with E-state index in [2.05, 4.69) is 81.0 Å². The summed E-state index contributed by atoms with van der Waals surface area (Å²) < 4.78 is 1.12. The molecule has 0 saturated heterocycles. The molecule has 1 atom stereocenters. The van der Waals surface area contributed by atoms with Gasteiger partial charge in [0.05, 0.1) is 5.52 Å². The molecule has 0 fully saturated rings. The topological polar surface area (TPSA) is 27.8 Å². The van der Waals surface area contributed by atoms with Gasteiger partial charge in [0.2, 0.25) is 0 Å². The summed E-state index contributed by atoms with van der Waals surface area (Å²) in [5.74, 6) is 0.404. The standard InChI is InChI=1S/C18H19BrN2/c1-20-11-10-14(13-6-3-2-4-7-13)16-12-21-18-15(16)8-5-9-17(18)19/h2-9,12,14,20-21H,10-11H2,1H3. The lowest BCUT2D eigenvalue weighted by Crippen LogP contribution is -2.13. The van der Waals surface area contributed by atoms with E-state index in [-0.39, 0.29) is 0 Å². The molecular formula is C18H19BrN2. The molecule has 0 saturated carbocycles. The SMILES string of the molecule is CNCCC(c1ccccc1)c1c[nH]c2c(Br)cccc12. The molecule has 2 aromatic carbocycles. The van der Waals surface area contributed by atoms with Crippen LogP contribution in [0.15, 0.2) is 59.2 Å². The summed E-state index contributed by atoms with van der Waals surface area (Å²) in [6, 6.07) is 17.1. The molecule has 0 aliphatic carbocycles. The van der Waals surface area contributed by atoms with Crippen molar-refractivity contribution in [3.05, 3.63) is 70.3 Å². The van der Waals surface area contributed by atoms with Gasteiger partial charge in [-0.25, -0.2) is 0 Å².